The third-order valence-electron chi connectivity index (χ3n) is 4.60. The van der Waals surface area contributed by atoms with Crippen LogP contribution in [-0.4, -0.2) is 37.4 Å². The molecule has 1 aliphatic carbocycles. The maximum Gasteiger partial charge on any atom is 0.340 e. The Morgan fingerprint density at radius 3 is 2.33 bits per heavy atom. The highest BCUT2D eigenvalue weighted by Gasteiger charge is 2.28. The third kappa shape index (κ3) is 5.00. The van der Waals surface area contributed by atoms with Gasteiger partial charge in [0.1, 0.15) is 5.69 Å². The zero-order valence-corrected chi connectivity index (χ0v) is 18.1. The molecule has 1 saturated carbocycles. The number of aromatic amines is 1. The SMILES string of the molecule is Cc1[nH]c(C(=O)NNc2ccc(S(=O)(=O)NC3CC3)cc2)c(C)c1C(=O)OC(C)C. The summed E-state index contributed by atoms with van der Waals surface area (Å²) in [6.45, 7) is 6.88. The lowest BCUT2D eigenvalue weighted by molar-refractivity contribution is 0.0376. The minimum atomic E-state index is -3.53. The summed E-state index contributed by atoms with van der Waals surface area (Å²) in [5.41, 5.74) is 7.40. The van der Waals surface area contributed by atoms with E-state index in [1.807, 2.05) is 0 Å². The molecule has 1 aliphatic rings. The molecular formula is C20H26N4O5S. The fraction of sp³-hybridized carbons (Fsp3) is 0.400. The Bertz CT molecular complexity index is 1050. The van der Waals surface area contributed by atoms with Crippen LogP contribution in [0.15, 0.2) is 29.2 Å². The van der Waals surface area contributed by atoms with Gasteiger partial charge in [0.2, 0.25) is 10.0 Å². The van der Waals surface area contributed by atoms with Crippen LogP contribution in [0.5, 0.6) is 0 Å². The van der Waals surface area contributed by atoms with E-state index in [0.717, 1.165) is 12.8 Å². The largest absolute Gasteiger partial charge is 0.459 e. The van der Waals surface area contributed by atoms with Gasteiger partial charge in [-0.05, 0) is 70.4 Å². The van der Waals surface area contributed by atoms with Gasteiger partial charge < -0.3 is 9.72 Å². The predicted molar refractivity (Wildman–Crippen MR) is 112 cm³/mol. The molecule has 0 saturated heterocycles. The van der Waals surface area contributed by atoms with E-state index in [9.17, 15) is 18.0 Å². The van der Waals surface area contributed by atoms with Crippen LogP contribution in [0.1, 0.15) is 58.8 Å². The first kappa shape index (κ1) is 21.8. The fourth-order valence-electron chi connectivity index (χ4n) is 2.95. The molecule has 9 nitrogen and oxygen atoms in total. The topological polar surface area (TPSA) is 129 Å². The summed E-state index contributed by atoms with van der Waals surface area (Å²) < 4.78 is 32.2. The van der Waals surface area contributed by atoms with Crippen molar-refractivity contribution in [2.24, 2.45) is 0 Å². The summed E-state index contributed by atoms with van der Waals surface area (Å²) >= 11 is 0. The summed E-state index contributed by atoms with van der Waals surface area (Å²) in [5, 5.41) is 0. The van der Waals surface area contributed by atoms with Crippen LogP contribution in [0.4, 0.5) is 5.69 Å². The van der Waals surface area contributed by atoms with Crippen LogP contribution in [0.2, 0.25) is 0 Å². The summed E-state index contributed by atoms with van der Waals surface area (Å²) in [6.07, 6.45) is 1.45. The number of amides is 1. The smallest absolute Gasteiger partial charge is 0.340 e. The molecule has 4 N–H and O–H groups in total. The number of carbonyl (C=O) groups excluding carboxylic acids is 2. The second-order valence-corrected chi connectivity index (χ2v) is 9.29. The van der Waals surface area contributed by atoms with Crippen molar-refractivity contribution in [2.75, 3.05) is 5.43 Å². The molecule has 0 unspecified atom stereocenters. The van der Waals surface area contributed by atoms with Gasteiger partial charge in [0.15, 0.2) is 0 Å². The maximum absolute atomic E-state index is 12.5. The zero-order chi connectivity index (χ0) is 22.1. The Balaban J connectivity index is 1.65. The third-order valence-corrected chi connectivity index (χ3v) is 6.13. The second kappa shape index (κ2) is 8.49. The molecule has 1 heterocycles. The lowest BCUT2D eigenvalue weighted by atomic mass is 10.1. The van der Waals surface area contributed by atoms with E-state index < -0.39 is 21.9 Å². The van der Waals surface area contributed by atoms with E-state index >= 15 is 0 Å². The summed E-state index contributed by atoms with van der Waals surface area (Å²) in [5.74, 6) is -0.953. The van der Waals surface area contributed by atoms with Crippen LogP contribution >= 0.6 is 0 Å². The van der Waals surface area contributed by atoms with Gasteiger partial charge in [-0.1, -0.05) is 0 Å². The molecule has 1 aromatic carbocycles. The number of esters is 1. The Kier molecular flexibility index (Phi) is 6.18. The van der Waals surface area contributed by atoms with Crippen molar-refractivity contribution in [1.82, 2.24) is 15.1 Å². The van der Waals surface area contributed by atoms with E-state index in [1.165, 1.54) is 12.1 Å². The second-order valence-electron chi connectivity index (χ2n) is 7.58. The monoisotopic (exact) mass is 434 g/mol. The molecule has 1 amide bonds. The number of anilines is 1. The molecular weight excluding hydrogens is 408 g/mol. The first-order valence-corrected chi connectivity index (χ1v) is 11.2. The van der Waals surface area contributed by atoms with Crippen molar-refractivity contribution in [3.8, 4) is 0 Å². The van der Waals surface area contributed by atoms with Crippen molar-refractivity contribution in [3.05, 3.63) is 46.8 Å². The Morgan fingerprint density at radius 2 is 1.77 bits per heavy atom. The number of hydrogen-bond donors (Lipinski definition) is 4. The summed E-state index contributed by atoms with van der Waals surface area (Å²) in [7, 11) is -3.53. The predicted octanol–water partition coefficient (Wildman–Crippen LogP) is 2.39. The number of aryl methyl sites for hydroxylation is 1. The quantitative estimate of drug-likeness (QED) is 0.373. The van der Waals surface area contributed by atoms with Crippen molar-refractivity contribution >= 4 is 27.6 Å². The standard InChI is InChI=1S/C20H26N4O5S/c1-11(2)29-20(26)17-12(3)18(21-13(17)4)19(25)23-22-14-7-9-16(10-8-14)30(27,28)24-15-5-6-15/h7-11,15,21-22,24H,5-6H2,1-4H3,(H,23,25). The number of benzene rings is 1. The maximum atomic E-state index is 12.5. The van der Waals surface area contributed by atoms with Crippen molar-refractivity contribution in [2.45, 2.75) is 57.6 Å². The highest BCUT2D eigenvalue weighted by molar-refractivity contribution is 7.89. The van der Waals surface area contributed by atoms with Crippen LogP contribution in [0.25, 0.3) is 0 Å². The number of H-pyrrole nitrogens is 1. The van der Waals surface area contributed by atoms with Gasteiger partial charge in [-0.25, -0.2) is 17.9 Å². The lowest BCUT2D eigenvalue weighted by Crippen LogP contribution is -2.30. The molecule has 162 valence electrons. The highest BCUT2D eigenvalue weighted by atomic mass is 32.2. The summed E-state index contributed by atoms with van der Waals surface area (Å²) in [4.78, 5) is 27.9. The molecule has 2 aromatic rings. The molecule has 10 heteroatoms. The molecule has 30 heavy (non-hydrogen) atoms. The van der Waals surface area contributed by atoms with E-state index in [1.54, 1.807) is 39.8 Å². The average Bonchev–Trinajstić information content (AvgIpc) is 3.41. The Morgan fingerprint density at radius 1 is 1.13 bits per heavy atom. The average molecular weight is 435 g/mol. The number of hydrazine groups is 1. The number of aromatic nitrogens is 1. The van der Waals surface area contributed by atoms with Crippen LogP contribution in [0, 0.1) is 13.8 Å². The molecule has 0 radical (unpaired) electrons. The van der Waals surface area contributed by atoms with Crippen LogP contribution < -0.4 is 15.6 Å². The van der Waals surface area contributed by atoms with E-state index in [-0.39, 0.29) is 22.7 Å². The number of hydrogen-bond acceptors (Lipinski definition) is 6. The van der Waals surface area contributed by atoms with Gasteiger partial charge >= 0.3 is 5.97 Å². The Labute approximate surface area is 175 Å². The first-order valence-electron chi connectivity index (χ1n) is 9.67. The minimum Gasteiger partial charge on any atom is -0.459 e. The molecule has 0 aliphatic heterocycles. The normalized spacial score (nSPS) is 13.9. The zero-order valence-electron chi connectivity index (χ0n) is 17.3. The van der Waals surface area contributed by atoms with Gasteiger partial charge in [0, 0.05) is 11.7 Å². The van der Waals surface area contributed by atoms with Gasteiger partial charge in [-0.15, -0.1) is 0 Å². The van der Waals surface area contributed by atoms with Crippen molar-refractivity contribution < 1.29 is 22.7 Å². The van der Waals surface area contributed by atoms with Gasteiger partial charge in [-0.2, -0.15) is 0 Å². The number of ether oxygens (including phenoxy) is 1. The molecule has 1 fully saturated rings. The summed E-state index contributed by atoms with van der Waals surface area (Å²) in [6, 6.07) is 6.06. The fourth-order valence-corrected chi connectivity index (χ4v) is 4.26. The lowest BCUT2D eigenvalue weighted by Gasteiger charge is -2.10. The molecule has 1 aromatic heterocycles. The van der Waals surface area contributed by atoms with Gasteiger partial charge in [0.25, 0.3) is 5.91 Å². The number of carbonyl (C=O) groups is 2. The van der Waals surface area contributed by atoms with E-state index in [2.05, 4.69) is 20.6 Å². The highest BCUT2D eigenvalue weighted by Crippen LogP contribution is 2.23. The van der Waals surface area contributed by atoms with Crippen LogP contribution in [-0.2, 0) is 14.8 Å². The molecule has 0 bridgehead atoms. The minimum absolute atomic E-state index is 0.0299. The van der Waals surface area contributed by atoms with Crippen molar-refractivity contribution in [3.63, 3.8) is 0 Å². The van der Waals surface area contributed by atoms with Crippen LogP contribution in [0.3, 0.4) is 0 Å². The molecule has 0 atom stereocenters. The number of nitrogens with one attached hydrogen (secondary N) is 4. The van der Waals surface area contributed by atoms with E-state index in [4.69, 9.17) is 4.74 Å². The molecule has 0 spiro atoms. The van der Waals surface area contributed by atoms with Gasteiger partial charge in [-0.3, -0.25) is 15.6 Å². The number of sulfonamides is 1. The van der Waals surface area contributed by atoms with Crippen molar-refractivity contribution in [1.29, 1.82) is 0 Å². The first-order chi connectivity index (χ1) is 14.1. The van der Waals surface area contributed by atoms with E-state index in [0.29, 0.717) is 22.5 Å². The Hall–Kier alpha value is -2.85. The number of rotatable bonds is 8. The molecule has 3 rings (SSSR count). The van der Waals surface area contributed by atoms with Gasteiger partial charge in [0.05, 0.1) is 22.3 Å².